The molecule has 0 heterocycles. The molecule has 4 rings (SSSR count). The Bertz CT molecular complexity index is 1910. The van der Waals surface area contributed by atoms with Gasteiger partial charge in [-0.1, -0.05) is 66.7 Å². The number of carbonyl (C=O) groups excluding carboxylic acids is 3. The van der Waals surface area contributed by atoms with Crippen molar-refractivity contribution in [2.45, 2.75) is 71.2 Å². The lowest BCUT2D eigenvalue weighted by Crippen LogP contribution is -2.25. The van der Waals surface area contributed by atoms with E-state index in [0.717, 1.165) is 5.56 Å². The number of benzene rings is 4. The van der Waals surface area contributed by atoms with Crippen molar-refractivity contribution >= 4 is 17.9 Å². The number of hydrogen-bond acceptors (Lipinski definition) is 15. The fourth-order valence-corrected chi connectivity index (χ4v) is 5.73. The van der Waals surface area contributed by atoms with Gasteiger partial charge in [-0.25, -0.2) is 9.59 Å². The Balaban J connectivity index is 1.26. The molecule has 0 aliphatic rings. The second-order valence-corrected chi connectivity index (χ2v) is 14.6. The van der Waals surface area contributed by atoms with E-state index >= 15 is 0 Å². The normalized spacial score (nSPS) is 14.1. The molecule has 4 aromatic carbocycles. The van der Waals surface area contributed by atoms with Gasteiger partial charge in [-0.05, 0) is 81.3 Å². The SMILES string of the molecule is COCOCC(C)OCC(OC(=O)c1cccc(OCOCC(C)OCC(OC(C)=O)c2ccccc2)c1)c1cccc(OCOC(C)COCC(C)OC(=O)c2ccccc2)c1. The van der Waals surface area contributed by atoms with Crippen LogP contribution in [0.25, 0.3) is 0 Å². The summed E-state index contributed by atoms with van der Waals surface area (Å²) in [6.45, 7) is 9.68. The quantitative estimate of drug-likeness (QED) is 0.0217. The molecule has 6 unspecified atom stereocenters. The lowest BCUT2D eigenvalue weighted by atomic mass is 10.1. The molecular weight excluding hydrogens is 817 g/mol. The Morgan fingerprint density at radius 1 is 0.460 bits per heavy atom. The van der Waals surface area contributed by atoms with E-state index in [9.17, 15) is 14.4 Å². The number of ether oxygens (including phenoxy) is 12. The minimum Gasteiger partial charge on any atom is -0.468 e. The van der Waals surface area contributed by atoms with Crippen molar-refractivity contribution in [3.8, 4) is 11.5 Å². The molecular formula is C48H60O15. The van der Waals surface area contributed by atoms with Crippen molar-refractivity contribution in [1.29, 1.82) is 0 Å². The van der Waals surface area contributed by atoms with Crippen LogP contribution in [0, 0.1) is 0 Å². The highest BCUT2D eigenvalue weighted by Gasteiger charge is 2.22. The summed E-state index contributed by atoms with van der Waals surface area (Å²) in [7, 11) is 1.53. The van der Waals surface area contributed by atoms with Crippen LogP contribution >= 0.6 is 0 Å². The molecule has 0 amide bonds. The van der Waals surface area contributed by atoms with E-state index in [1.807, 2.05) is 63.2 Å². The second-order valence-electron chi connectivity index (χ2n) is 14.6. The molecule has 0 aliphatic heterocycles. The van der Waals surface area contributed by atoms with Gasteiger partial charge in [0.25, 0.3) is 0 Å². The maximum absolute atomic E-state index is 13.6. The van der Waals surface area contributed by atoms with Crippen molar-refractivity contribution in [2.24, 2.45) is 0 Å². The molecule has 15 nitrogen and oxygen atoms in total. The number of rotatable bonds is 30. The zero-order valence-corrected chi connectivity index (χ0v) is 36.8. The van der Waals surface area contributed by atoms with Crippen LogP contribution in [0.1, 0.15) is 78.7 Å². The molecule has 6 atom stereocenters. The Morgan fingerprint density at radius 3 is 1.63 bits per heavy atom. The molecule has 15 heteroatoms. The number of carbonyl (C=O) groups is 3. The maximum Gasteiger partial charge on any atom is 0.338 e. The lowest BCUT2D eigenvalue weighted by molar-refractivity contribution is -0.152. The van der Waals surface area contributed by atoms with Crippen LogP contribution in [-0.4, -0.2) is 109 Å². The van der Waals surface area contributed by atoms with Crippen LogP contribution in [-0.2, 0) is 52.2 Å². The molecule has 0 saturated heterocycles. The molecule has 0 bridgehead atoms. The van der Waals surface area contributed by atoms with Gasteiger partial charge in [0.1, 0.15) is 24.4 Å². The minimum atomic E-state index is -0.825. The van der Waals surface area contributed by atoms with Crippen molar-refractivity contribution in [3.63, 3.8) is 0 Å². The first-order valence-corrected chi connectivity index (χ1v) is 20.7. The van der Waals surface area contributed by atoms with Gasteiger partial charge >= 0.3 is 17.9 Å². The molecule has 4 aromatic rings. The van der Waals surface area contributed by atoms with Crippen molar-refractivity contribution in [1.82, 2.24) is 0 Å². The third-order valence-corrected chi connectivity index (χ3v) is 8.91. The third kappa shape index (κ3) is 19.7. The van der Waals surface area contributed by atoms with E-state index in [-0.39, 0.29) is 83.9 Å². The zero-order valence-electron chi connectivity index (χ0n) is 36.8. The van der Waals surface area contributed by atoms with Crippen LogP contribution in [0.3, 0.4) is 0 Å². The van der Waals surface area contributed by atoms with Gasteiger partial charge in [0.15, 0.2) is 25.8 Å². The Hall–Kier alpha value is -5.39. The molecule has 0 aromatic heterocycles. The first-order chi connectivity index (χ1) is 30.5. The highest BCUT2D eigenvalue weighted by molar-refractivity contribution is 5.90. The summed E-state index contributed by atoms with van der Waals surface area (Å²) >= 11 is 0. The molecule has 342 valence electrons. The third-order valence-electron chi connectivity index (χ3n) is 8.91. The second kappa shape index (κ2) is 28.3. The summed E-state index contributed by atoms with van der Waals surface area (Å²) in [5, 5.41) is 0. The fourth-order valence-electron chi connectivity index (χ4n) is 5.73. The highest BCUT2D eigenvalue weighted by Crippen LogP contribution is 2.26. The van der Waals surface area contributed by atoms with Gasteiger partial charge in [-0.3, -0.25) is 4.79 Å². The van der Waals surface area contributed by atoms with E-state index < -0.39 is 36.2 Å². The molecule has 0 aliphatic carbocycles. The van der Waals surface area contributed by atoms with Crippen molar-refractivity contribution < 1.29 is 71.2 Å². The minimum absolute atomic E-state index is 0.0217. The molecule has 63 heavy (non-hydrogen) atoms. The van der Waals surface area contributed by atoms with Crippen LogP contribution in [0.5, 0.6) is 11.5 Å². The zero-order chi connectivity index (χ0) is 45.2. The number of methoxy groups -OCH3 is 1. The predicted molar refractivity (Wildman–Crippen MR) is 230 cm³/mol. The summed E-state index contributed by atoms with van der Waals surface area (Å²) < 4.78 is 68.1. The molecule has 0 N–H and O–H groups in total. The first-order valence-electron chi connectivity index (χ1n) is 20.7. The van der Waals surface area contributed by atoms with E-state index in [4.69, 9.17) is 56.8 Å². The topological polar surface area (TPSA) is 162 Å². The largest absolute Gasteiger partial charge is 0.468 e. The van der Waals surface area contributed by atoms with Crippen LogP contribution in [0.2, 0.25) is 0 Å². The Labute approximate surface area is 369 Å². The van der Waals surface area contributed by atoms with E-state index in [0.29, 0.717) is 22.6 Å². The number of esters is 3. The average molecular weight is 877 g/mol. The average Bonchev–Trinajstić information content (AvgIpc) is 3.28. The van der Waals surface area contributed by atoms with Crippen LogP contribution < -0.4 is 9.47 Å². The summed E-state index contributed by atoms with van der Waals surface area (Å²) in [6, 6.07) is 31.8. The fraction of sp³-hybridized carbons (Fsp3) is 0.438. The van der Waals surface area contributed by atoms with Gasteiger partial charge in [-0.2, -0.15) is 0 Å². The summed E-state index contributed by atoms with van der Waals surface area (Å²) in [4.78, 5) is 37.5. The van der Waals surface area contributed by atoms with Gasteiger partial charge in [0.2, 0.25) is 0 Å². The van der Waals surface area contributed by atoms with Gasteiger partial charge in [-0.15, -0.1) is 0 Å². The maximum atomic E-state index is 13.6. The Morgan fingerprint density at radius 2 is 0.968 bits per heavy atom. The molecule has 0 spiro atoms. The monoisotopic (exact) mass is 876 g/mol. The van der Waals surface area contributed by atoms with Gasteiger partial charge in [0, 0.05) is 14.0 Å². The smallest absolute Gasteiger partial charge is 0.338 e. The highest BCUT2D eigenvalue weighted by atomic mass is 16.7. The molecule has 0 saturated carbocycles. The van der Waals surface area contributed by atoms with E-state index in [1.54, 1.807) is 73.7 Å². The molecule has 0 fully saturated rings. The lowest BCUT2D eigenvalue weighted by Gasteiger charge is -2.22. The summed E-state index contributed by atoms with van der Waals surface area (Å²) in [6.07, 6.45) is -2.80. The van der Waals surface area contributed by atoms with Crippen LogP contribution in [0.4, 0.5) is 0 Å². The first kappa shape index (κ1) is 50.3. The standard InChI is InChI=1S/C48H60O15/c1-34(26-54-31-52-6)57-30-46(41-19-13-21-43(23-41)60-33-58-36(3)25-53-28-37(4)61-47(50)40-17-11-8-12-18-40)63-48(51)42-20-14-22-44(24-42)59-32-55-27-35(2)56-29-45(62-38(5)49)39-15-9-7-10-16-39/h7-24,34-37,45-46H,25-33H2,1-6H3. The van der Waals surface area contributed by atoms with E-state index in [1.165, 1.54) is 14.0 Å². The van der Waals surface area contributed by atoms with Crippen molar-refractivity contribution in [3.05, 3.63) is 131 Å². The Kier molecular flexibility index (Phi) is 22.6. The number of hydrogen-bond donors (Lipinski definition) is 0. The summed E-state index contributed by atoms with van der Waals surface area (Å²) in [5.74, 6) is -0.541. The van der Waals surface area contributed by atoms with Gasteiger partial charge in [0.05, 0.1) is 69.1 Å². The summed E-state index contributed by atoms with van der Waals surface area (Å²) in [5.41, 5.74) is 2.18. The predicted octanol–water partition coefficient (Wildman–Crippen LogP) is 7.68. The van der Waals surface area contributed by atoms with Gasteiger partial charge < -0.3 is 56.8 Å². The van der Waals surface area contributed by atoms with Crippen LogP contribution in [0.15, 0.2) is 109 Å². The van der Waals surface area contributed by atoms with E-state index in [2.05, 4.69) is 0 Å². The molecule has 0 radical (unpaired) electrons. The van der Waals surface area contributed by atoms with Crippen molar-refractivity contribution in [2.75, 3.05) is 67.1 Å².